The largest absolute Gasteiger partial charge is 0.327 e. The maximum atomic E-state index is 11.2. The molecule has 2 aliphatic carbocycles. The fourth-order valence-corrected chi connectivity index (χ4v) is 4.67. The second kappa shape index (κ2) is 5.15. The highest BCUT2D eigenvalue weighted by atomic mass is 32.2. The Bertz CT molecular complexity index is 596. The van der Waals surface area contributed by atoms with Crippen LogP contribution in [-0.2, 0) is 16.3 Å². The number of aryl methyl sites for hydroxylation is 1. The molecular formula is C16H23NO2S. The minimum absolute atomic E-state index is 0.151. The van der Waals surface area contributed by atoms with Crippen LogP contribution >= 0.6 is 0 Å². The maximum absolute atomic E-state index is 11.2. The van der Waals surface area contributed by atoms with Gasteiger partial charge in [-0.25, -0.2) is 8.42 Å². The summed E-state index contributed by atoms with van der Waals surface area (Å²) in [7, 11) is -2.86. The predicted molar refractivity (Wildman–Crippen MR) is 81.4 cm³/mol. The molecule has 2 aliphatic rings. The van der Waals surface area contributed by atoms with Crippen molar-refractivity contribution in [3.05, 3.63) is 35.4 Å². The van der Waals surface area contributed by atoms with Gasteiger partial charge in [-0.3, -0.25) is 0 Å². The van der Waals surface area contributed by atoms with E-state index in [0.29, 0.717) is 18.3 Å². The lowest BCUT2D eigenvalue weighted by molar-refractivity contribution is 0.497. The fourth-order valence-electron chi connectivity index (χ4n) is 3.98. The van der Waals surface area contributed by atoms with Gasteiger partial charge in [0.15, 0.2) is 0 Å². The van der Waals surface area contributed by atoms with Crippen molar-refractivity contribution in [3.8, 4) is 0 Å². The summed E-state index contributed by atoms with van der Waals surface area (Å²) in [6, 6.07) is 8.86. The highest BCUT2D eigenvalue weighted by Gasteiger charge is 2.55. The summed E-state index contributed by atoms with van der Waals surface area (Å²) in [5, 5.41) is 0. The normalized spacial score (nSPS) is 29.4. The molecule has 1 aromatic carbocycles. The molecule has 4 atom stereocenters. The summed E-state index contributed by atoms with van der Waals surface area (Å²) in [5.74, 6) is 2.20. The van der Waals surface area contributed by atoms with Crippen molar-refractivity contribution in [1.82, 2.24) is 0 Å². The average molecular weight is 293 g/mol. The van der Waals surface area contributed by atoms with E-state index < -0.39 is 9.84 Å². The van der Waals surface area contributed by atoms with Gasteiger partial charge in [0.25, 0.3) is 0 Å². The lowest BCUT2D eigenvalue weighted by Crippen LogP contribution is -2.24. The number of fused-ring (bicyclic) bond motifs is 3. The second-order valence-corrected chi connectivity index (χ2v) is 8.70. The van der Waals surface area contributed by atoms with Crippen molar-refractivity contribution >= 4 is 9.84 Å². The molecule has 0 spiro atoms. The molecule has 1 fully saturated rings. The Kier molecular flexibility index (Phi) is 3.63. The molecular weight excluding hydrogens is 270 g/mol. The molecule has 0 aromatic heterocycles. The molecule has 0 heterocycles. The van der Waals surface area contributed by atoms with Crippen LogP contribution in [0.3, 0.4) is 0 Å². The number of rotatable bonds is 5. The van der Waals surface area contributed by atoms with Gasteiger partial charge in [-0.1, -0.05) is 24.3 Å². The molecule has 0 bridgehead atoms. The predicted octanol–water partition coefficient (Wildman–Crippen LogP) is 2.11. The van der Waals surface area contributed by atoms with E-state index in [1.165, 1.54) is 30.2 Å². The van der Waals surface area contributed by atoms with Gasteiger partial charge in [-0.05, 0) is 54.6 Å². The molecule has 4 heteroatoms. The minimum atomic E-state index is -2.86. The molecule has 0 amide bonds. The molecule has 0 radical (unpaired) electrons. The van der Waals surface area contributed by atoms with Gasteiger partial charge in [0, 0.05) is 18.1 Å². The molecule has 4 unspecified atom stereocenters. The van der Waals surface area contributed by atoms with Gasteiger partial charge >= 0.3 is 0 Å². The Morgan fingerprint density at radius 2 is 2.10 bits per heavy atom. The Morgan fingerprint density at radius 3 is 2.85 bits per heavy atom. The van der Waals surface area contributed by atoms with Gasteiger partial charge in [-0.2, -0.15) is 0 Å². The van der Waals surface area contributed by atoms with Gasteiger partial charge in [0.05, 0.1) is 0 Å². The molecule has 1 saturated carbocycles. The molecule has 110 valence electrons. The Hall–Kier alpha value is -0.870. The van der Waals surface area contributed by atoms with E-state index in [2.05, 4.69) is 24.3 Å². The van der Waals surface area contributed by atoms with Gasteiger partial charge < -0.3 is 5.73 Å². The molecule has 20 heavy (non-hydrogen) atoms. The topological polar surface area (TPSA) is 60.2 Å². The number of hydrogen-bond donors (Lipinski definition) is 1. The minimum Gasteiger partial charge on any atom is -0.327 e. The smallest absolute Gasteiger partial charge is 0.147 e. The molecule has 2 N–H and O–H groups in total. The van der Waals surface area contributed by atoms with Crippen LogP contribution in [0.25, 0.3) is 0 Å². The van der Waals surface area contributed by atoms with Gasteiger partial charge in [0.1, 0.15) is 9.84 Å². The summed E-state index contributed by atoms with van der Waals surface area (Å²) < 4.78 is 22.3. The maximum Gasteiger partial charge on any atom is 0.147 e. The van der Waals surface area contributed by atoms with Crippen LogP contribution in [0.1, 0.15) is 36.3 Å². The average Bonchev–Trinajstić information content (AvgIpc) is 3.12. The van der Waals surface area contributed by atoms with Gasteiger partial charge in [-0.15, -0.1) is 0 Å². The third-order valence-corrected chi connectivity index (χ3v) is 5.97. The summed E-state index contributed by atoms with van der Waals surface area (Å²) >= 11 is 0. The Balaban J connectivity index is 1.61. The third-order valence-electron chi connectivity index (χ3n) is 4.94. The number of nitrogens with two attached hydrogens (primary N) is 1. The van der Waals surface area contributed by atoms with Crippen molar-refractivity contribution in [2.75, 3.05) is 12.0 Å². The first-order valence-electron chi connectivity index (χ1n) is 7.48. The van der Waals surface area contributed by atoms with Crippen LogP contribution in [0, 0.1) is 11.8 Å². The summed E-state index contributed by atoms with van der Waals surface area (Å²) in [4.78, 5) is 0. The molecule has 1 aromatic rings. The Morgan fingerprint density at radius 1 is 1.35 bits per heavy atom. The van der Waals surface area contributed by atoms with E-state index in [0.717, 1.165) is 12.3 Å². The summed E-state index contributed by atoms with van der Waals surface area (Å²) in [6.07, 6.45) is 5.23. The van der Waals surface area contributed by atoms with E-state index in [9.17, 15) is 8.42 Å². The van der Waals surface area contributed by atoms with Crippen molar-refractivity contribution in [2.45, 2.75) is 37.6 Å². The standard InChI is InChI=1S/C16H23NO2S/c1-20(18,19)10-4-7-14(17)16-13-9-8-11-5-2-3-6-12(11)15(13)16/h2-3,5-6,13-16H,4,7-10,17H2,1H3. The van der Waals surface area contributed by atoms with Crippen LogP contribution in [0.15, 0.2) is 24.3 Å². The summed E-state index contributed by atoms with van der Waals surface area (Å²) in [5.41, 5.74) is 9.31. The lowest BCUT2D eigenvalue weighted by atomic mass is 9.92. The summed E-state index contributed by atoms with van der Waals surface area (Å²) in [6.45, 7) is 0. The van der Waals surface area contributed by atoms with Crippen molar-refractivity contribution in [3.63, 3.8) is 0 Å². The van der Waals surface area contributed by atoms with E-state index in [1.54, 1.807) is 0 Å². The molecule has 0 aliphatic heterocycles. The van der Waals surface area contributed by atoms with Crippen LogP contribution in [0.2, 0.25) is 0 Å². The van der Waals surface area contributed by atoms with Crippen LogP contribution in [0.4, 0.5) is 0 Å². The highest BCUT2D eigenvalue weighted by Crippen LogP contribution is 2.61. The first kappa shape index (κ1) is 14.1. The van der Waals surface area contributed by atoms with E-state index >= 15 is 0 Å². The van der Waals surface area contributed by atoms with Crippen LogP contribution in [0.5, 0.6) is 0 Å². The SMILES string of the molecule is CS(=O)(=O)CCCC(N)C1C2CCc3ccccc3C21. The fraction of sp³-hybridized carbons (Fsp3) is 0.625. The van der Waals surface area contributed by atoms with E-state index in [-0.39, 0.29) is 11.8 Å². The zero-order chi connectivity index (χ0) is 14.3. The van der Waals surface area contributed by atoms with E-state index in [4.69, 9.17) is 5.73 Å². The first-order chi connectivity index (χ1) is 9.47. The van der Waals surface area contributed by atoms with Crippen molar-refractivity contribution in [1.29, 1.82) is 0 Å². The molecule has 3 nitrogen and oxygen atoms in total. The Labute approximate surface area is 121 Å². The quantitative estimate of drug-likeness (QED) is 0.904. The third kappa shape index (κ3) is 2.77. The number of sulfone groups is 1. The first-order valence-corrected chi connectivity index (χ1v) is 9.54. The monoisotopic (exact) mass is 293 g/mol. The van der Waals surface area contributed by atoms with Gasteiger partial charge in [0.2, 0.25) is 0 Å². The molecule has 0 saturated heterocycles. The highest BCUT2D eigenvalue weighted by molar-refractivity contribution is 7.90. The van der Waals surface area contributed by atoms with Crippen molar-refractivity contribution < 1.29 is 8.42 Å². The van der Waals surface area contributed by atoms with Crippen LogP contribution in [-0.4, -0.2) is 26.5 Å². The van der Waals surface area contributed by atoms with Crippen molar-refractivity contribution in [2.24, 2.45) is 17.6 Å². The second-order valence-electron chi connectivity index (χ2n) is 6.44. The number of hydrogen-bond acceptors (Lipinski definition) is 3. The number of benzene rings is 1. The molecule has 3 rings (SSSR count). The lowest BCUT2D eigenvalue weighted by Gasteiger charge is -2.13. The van der Waals surface area contributed by atoms with Crippen LogP contribution < -0.4 is 5.73 Å². The zero-order valence-corrected chi connectivity index (χ0v) is 12.8. The zero-order valence-electron chi connectivity index (χ0n) is 12.0. The van der Waals surface area contributed by atoms with E-state index in [1.807, 2.05) is 0 Å².